The van der Waals surface area contributed by atoms with Crippen LogP contribution >= 0.6 is 0 Å². The number of fused-ring (bicyclic) bond motifs is 2. The maximum Gasteiger partial charge on any atom is 0.310 e. The molecule has 2 aliphatic rings. The van der Waals surface area contributed by atoms with Crippen molar-refractivity contribution in [1.82, 2.24) is 0 Å². The van der Waals surface area contributed by atoms with Crippen LogP contribution in [0.2, 0.25) is 0 Å². The molecule has 4 rings (SSSR count). The smallest absolute Gasteiger partial charge is 0.310 e. The Morgan fingerprint density at radius 2 is 1.65 bits per heavy atom. The fourth-order valence-corrected chi connectivity index (χ4v) is 4.65. The number of aliphatic hydroxyl groups excluding tert-OH is 1. The molecule has 0 aromatic heterocycles. The zero-order valence-corrected chi connectivity index (χ0v) is 18.0. The van der Waals surface area contributed by atoms with Gasteiger partial charge in [0.1, 0.15) is 0 Å². The standard InChI is InChI=1S/C23H26O8/c1-26-18-7-13(8-19(27-2)22(18)28-3)20-15-9-17-16(30-11-31-17)6-12(15)5-14(10-24)21(20)23(25)29-4/h6-9,14,20-21,24H,5,10-11H2,1-4H3/t14-,20+,21+/m0/s1. The fraction of sp³-hybridized carbons (Fsp3) is 0.435. The van der Waals surface area contributed by atoms with Crippen molar-refractivity contribution in [2.75, 3.05) is 41.8 Å². The van der Waals surface area contributed by atoms with Crippen molar-refractivity contribution >= 4 is 5.97 Å². The topological polar surface area (TPSA) is 92.7 Å². The summed E-state index contributed by atoms with van der Waals surface area (Å²) >= 11 is 0. The second-order valence-electron chi connectivity index (χ2n) is 7.54. The van der Waals surface area contributed by atoms with Crippen molar-refractivity contribution in [2.45, 2.75) is 12.3 Å². The molecule has 0 saturated heterocycles. The molecule has 2 aromatic rings. The summed E-state index contributed by atoms with van der Waals surface area (Å²) in [6, 6.07) is 7.50. The van der Waals surface area contributed by atoms with Crippen LogP contribution in [0.5, 0.6) is 28.7 Å². The highest BCUT2D eigenvalue weighted by atomic mass is 16.7. The molecule has 1 aliphatic carbocycles. The highest BCUT2D eigenvalue weighted by Crippen LogP contribution is 2.51. The van der Waals surface area contributed by atoms with Crippen molar-refractivity contribution in [2.24, 2.45) is 11.8 Å². The van der Waals surface area contributed by atoms with Gasteiger partial charge in [0.2, 0.25) is 12.5 Å². The number of hydrogen-bond acceptors (Lipinski definition) is 8. The van der Waals surface area contributed by atoms with Gasteiger partial charge in [-0.1, -0.05) is 0 Å². The Labute approximate surface area is 180 Å². The van der Waals surface area contributed by atoms with Gasteiger partial charge >= 0.3 is 5.97 Å². The Kier molecular flexibility index (Phi) is 5.82. The first-order chi connectivity index (χ1) is 15.1. The van der Waals surface area contributed by atoms with Gasteiger partial charge in [0.15, 0.2) is 23.0 Å². The van der Waals surface area contributed by atoms with Crippen LogP contribution in [0.4, 0.5) is 0 Å². The Balaban J connectivity index is 1.95. The lowest BCUT2D eigenvalue weighted by atomic mass is 9.66. The largest absolute Gasteiger partial charge is 0.493 e. The number of ether oxygens (including phenoxy) is 6. The van der Waals surface area contributed by atoms with Crippen LogP contribution < -0.4 is 23.7 Å². The molecule has 1 aliphatic heterocycles. The van der Waals surface area contributed by atoms with Crippen molar-refractivity contribution in [1.29, 1.82) is 0 Å². The molecule has 0 spiro atoms. The molecular formula is C23H26O8. The summed E-state index contributed by atoms with van der Waals surface area (Å²) in [6.07, 6.45) is 0.517. The molecule has 3 atom stereocenters. The Hall–Kier alpha value is -3.13. The SMILES string of the molecule is COC(=O)[C@@H]1[C@H](CO)Cc2cc3c(cc2[C@H]1c1cc(OC)c(OC)c(OC)c1)OCO3. The molecule has 31 heavy (non-hydrogen) atoms. The third kappa shape index (κ3) is 3.50. The molecule has 0 radical (unpaired) electrons. The summed E-state index contributed by atoms with van der Waals surface area (Å²) < 4.78 is 32.8. The zero-order valence-electron chi connectivity index (χ0n) is 18.0. The Morgan fingerprint density at radius 3 is 2.19 bits per heavy atom. The number of rotatable bonds is 6. The summed E-state index contributed by atoms with van der Waals surface area (Å²) in [6.45, 7) is -0.00843. The van der Waals surface area contributed by atoms with Gasteiger partial charge in [0.25, 0.3) is 0 Å². The first kappa shape index (κ1) is 21.1. The molecule has 8 nitrogen and oxygen atoms in total. The second-order valence-corrected chi connectivity index (χ2v) is 7.54. The van der Waals surface area contributed by atoms with E-state index in [1.807, 2.05) is 24.3 Å². The van der Waals surface area contributed by atoms with Gasteiger partial charge in [-0.25, -0.2) is 0 Å². The van der Waals surface area contributed by atoms with Crippen LogP contribution in [-0.2, 0) is 16.0 Å². The average Bonchev–Trinajstić information content (AvgIpc) is 3.27. The number of hydrogen-bond donors (Lipinski definition) is 1. The lowest BCUT2D eigenvalue weighted by Crippen LogP contribution is -2.38. The van der Waals surface area contributed by atoms with E-state index < -0.39 is 11.8 Å². The van der Waals surface area contributed by atoms with Crippen molar-refractivity contribution in [3.63, 3.8) is 0 Å². The molecule has 0 bridgehead atoms. The number of carbonyl (C=O) groups excluding carboxylic acids is 1. The normalized spacial score (nSPS) is 21.3. The number of benzene rings is 2. The maximum absolute atomic E-state index is 12.9. The predicted molar refractivity (Wildman–Crippen MR) is 110 cm³/mol. The van der Waals surface area contributed by atoms with Crippen LogP contribution in [0, 0.1) is 11.8 Å². The number of esters is 1. The minimum Gasteiger partial charge on any atom is -0.493 e. The van der Waals surface area contributed by atoms with Crippen LogP contribution in [0.15, 0.2) is 24.3 Å². The lowest BCUT2D eigenvalue weighted by Gasteiger charge is -2.38. The van der Waals surface area contributed by atoms with Gasteiger partial charge < -0.3 is 33.5 Å². The van der Waals surface area contributed by atoms with Gasteiger partial charge in [-0.3, -0.25) is 4.79 Å². The van der Waals surface area contributed by atoms with Crippen molar-refractivity contribution in [3.05, 3.63) is 41.0 Å². The van der Waals surface area contributed by atoms with Gasteiger partial charge in [-0.2, -0.15) is 0 Å². The highest BCUT2D eigenvalue weighted by molar-refractivity contribution is 5.76. The quantitative estimate of drug-likeness (QED) is 0.699. The molecule has 1 heterocycles. The van der Waals surface area contributed by atoms with Crippen LogP contribution in [0.1, 0.15) is 22.6 Å². The zero-order chi connectivity index (χ0) is 22.1. The van der Waals surface area contributed by atoms with Crippen molar-refractivity contribution in [3.8, 4) is 28.7 Å². The minimum absolute atomic E-state index is 0.150. The molecule has 166 valence electrons. The van der Waals surface area contributed by atoms with Crippen molar-refractivity contribution < 1.29 is 38.3 Å². The van der Waals surface area contributed by atoms with Gasteiger partial charge in [-0.15, -0.1) is 0 Å². The van der Waals surface area contributed by atoms with E-state index in [1.54, 1.807) is 14.2 Å². The third-order valence-corrected chi connectivity index (χ3v) is 6.07. The fourth-order valence-electron chi connectivity index (χ4n) is 4.65. The van der Waals surface area contributed by atoms with E-state index in [0.717, 1.165) is 16.7 Å². The second kappa shape index (κ2) is 8.55. The van der Waals surface area contributed by atoms with Gasteiger partial charge in [0, 0.05) is 18.4 Å². The number of methoxy groups -OCH3 is 4. The first-order valence-corrected chi connectivity index (χ1v) is 9.97. The van der Waals surface area contributed by atoms with E-state index in [4.69, 9.17) is 28.4 Å². The van der Waals surface area contributed by atoms with Crippen LogP contribution in [0.25, 0.3) is 0 Å². The lowest BCUT2D eigenvalue weighted by molar-refractivity contribution is -0.149. The molecule has 1 N–H and O–H groups in total. The minimum atomic E-state index is -0.606. The molecule has 0 saturated carbocycles. The van der Waals surface area contributed by atoms with E-state index in [0.29, 0.717) is 35.2 Å². The first-order valence-electron chi connectivity index (χ1n) is 9.97. The average molecular weight is 430 g/mol. The van der Waals surface area contributed by atoms with E-state index in [9.17, 15) is 9.90 Å². The van der Waals surface area contributed by atoms with E-state index >= 15 is 0 Å². The summed E-state index contributed by atoms with van der Waals surface area (Å²) in [7, 11) is 5.98. The van der Waals surface area contributed by atoms with Crippen LogP contribution in [0.3, 0.4) is 0 Å². The summed E-state index contributed by atoms with van der Waals surface area (Å²) in [5.74, 6) is 0.970. The molecule has 0 amide bonds. The maximum atomic E-state index is 12.9. The van der Waals surface area contributed by atoms with Gasteiger partial charge in [0.05, 0.1) is 34.4 Å². The van der Waals surface area contributed by atoms with E-state index in [1.165, 1.54) is 14.2 Å². The Bertz CT molecular complexity index is 961. The van der Waals surface area contributed by atoms with E-state index in [2.05, 4.69) is 0 Å². The monoisotopic (exact) mass is 430 g/mol. The molecule has 0 unspecified atom stereocenters. The summed E-state index contributed by atoms with van der Waals surface area (Å²) in [5, 5.41) is 10.1. The highest BCUT2D eigenvalue weighted by Gasteiger charge is 2.44. The number of carbonyl (C=O) groups is 1. The molecule has 8 heteroatoms. The molecule has 2 aromatic carbocycles. The Morgan fingerprint density at radius 1 is 1.00 bits per heavy atom. The summed E-state index contributed by atoms with van der Waals surface area (Å²) in [4.78, 5) is 12.9. The van der Waals surface area contributed by atoms with Crippen LogP contribution in [-0.4, -0.2) is 52.9 Å². The third-order valence-electron chi connectivity index (χ3n) is 6.07. The van der Waals surface area contributed by atoms with Gasteiger partial charge in [-0.05, 0) is 47.4 Å². The molecular weight excluding hydrogens is 404 g/mol. The number of aliphatic hydroxyl groups is 1. The van der Waals surface area contributed by atoms with E-state index in [-0.39, 0.29) is 25.3 Å². The molecule has 0 fully saturated rings. The predicted octanol–water partition coefficient (Wildman–Crippen LogP) is 2.53. The summed E-state index contributed by atoms with van der Waals surface area (Å²) in [5.41, 5.74) is 2.68.